The molecular weight excluding hydrogens is 355 g/mol. The second-order valence-corrected chi connectivity index (χ2v) is 6.09. The fourth-order valence-corrected chi connectivity index (χ4v) is 3.01. The van der Waals surface area contributed by atoms with Crippen LogP contribution >= 0.6 is 22.6 Å². The van der Waals surface area contributed by atoms with Crippen LogP contribution in [-0.2, 0) is 0 Å². The van der Waals surface area contributed by atoms with Crippen LogP contribution in [0.5, 0.6) is 0 Å². The van der Waals surface area contributed by atoms with Crippen molar-refractivity contribution in [3.8, 4) is 22.3 Å². The van der Waals surface area contributed by atoms with E-state index in [2.05, 4.69) is 102 Å². The lowest BCUT2D eigenvalue weighted by molar-refractivity contribution is 1.47. The van der Waals surface area contributed by atoms with Crippen molar-refractivity contribution in [3.05, 3.63) is 81.9 Å². The summed E-state index contributed by atoms with van der Waals surface area (Å²) in [6.45, 7) is 2.12. The van der Waals surface area contributed by atoms with Gasteiger partial charge in [0.15, 0.2) is 0 Å². The summed E-state index contributed by atoms with van der Waals surface area (Å²) in [6, 6.07) is 25.9. The molecule has 3 rings (SSSR count). The Balaban J connectivity index is 2.06. The first-order valence-corrected chi connectivity index (χ1v) is 7.74. The SMILES string of the molecule is Cc1ccc(-c2cccc(-c3ccccc3I)c2)cc1. The molecule has 0 bridgehead atoms. The Labute approximate surface area is 133 Å². The molecule has 0 radical (unpaired) electrons. The van der Waals surface area contributed by atoms with Gasteiger partial charge in [-0.15, -0.1) is 0 Å². The summed E-state index contributed by atoms with van der Waals surface area (Å²) < 4.78 is 1.28. The van der Waals surface area contributed by atoms with Crippen LogP contribution in [0, 0.1) is 10.5 Å². The zero-order valence-corrected chi connectivity index (χ0v) is 13.5. The maximum Gasteiger partial charge on any atom is 0.0208 e. The summed E-state index contributed by atoms with van der Waals surface area (Å²) in [7, 11) is 0. The van der Waals surface area contributed by atoms with Gasteiger partial charge in [0.05, 0.1) is 0 Å². The number of hydrogen-bond donors (Lipinski definition) is 0. The van der Waals surface area contributed by atoms with Crippen molar-refractivity contribution in [2.24, 2.45) is 0 Å². The van der Waals surface area contributed by atoms with E-state index in [1.807, 2.05) is 0 Å². The lowest BCUT2D eigenvalue weighted by atomic mass is 9.99. The number of aryl methyl sites for hydroxylation is 1. The molecule has 98 valence electrons. The number of hydrogen-bond acceptors (Lipinski definition) is 0. The van der Waals surface area contributed by atoms with Crippen molar-refractivity contribution in [2.75, 3.05) is 0 Å². The first-order chi connectivity index (χ1) is 9.74. The quantitative estimate of drug-likeness (QED) is 0.490. The van der Waals surface area contributed by atoms with E-state index in [4.69, 9.17) is 0 Å². The molecule has 0 saturated heterocycles. The van der Waals surface area contributed by atoms with Gasteiger partial charge in [0.1, 0.15) is 0 Å². The zero-order chi connectivity index (χ0) is 13.9. The van der Waals surface area contributed by atoms with Crippen molar-refractivity contribution in [3.63, 3.8) is 0 Å². The average molecular weight is 370 g/mol. The van der Waals surface area contributed by atoms with Crippen molar-refractivity contribution < 1.29 is 0 Å². The molecule has 0 aliphatic rings. The van der Waals surface area contributed by atoms with Crippen molar-refractivity contribution >= 4 is 22.6 Å². The van der Waals surface area contributed by atoms with E-state index in [1.165, 1.54) is 31.4 Å². The second-order valence-electron chi connectivity index (χ2n) is 4.93. The van der Waals surface area contributed by atoms with E-state index in [1.54, 1.807) is 0 Å². The normalized spacial score (nSPS) is 10.5. The highest BCUT2D eigenvalue weighted by Crippen LogP contribution is 2.29. The van der Waals surface area contributed by atoms with Gasteiger partial charge in [-0.3, -0.25) is 0 Å². The third-order valence-electron chi connectivity index (χ3n) is 3.43. The van der Waals surface area contributed by atoms with Crippen molar-refractivity contribution in [1.29, 1.82) is 0 Å². The molecule has 0 aromatic heterocycles. The number of rotatable bonds is 2. The minimum absolute atomic E-state index is 1.27. The van der Waals surface area contributed by atoms with Crippen molar-refractivity contribution in [1.82, 2.24) is 0 Å². The second kappa shape index (κ2) is 5.80. The van der Waals surface area contributed by atoms with Crippen LogP contribution < -0.4 is 0 Å². The van der Waals surface area contributed by atoms with E-state index >= 15 is 0 Å². The lowest BCUT2D eigenvalue weighted by Crippen LogP contribution is -1.84. The first-order valence-electron chi connectivity index (χ1n) is 6.66. The molecule has 0 aliphatic carbocycles. The topological polar surface area (TPSA) is 0 Å². The molecule has 0 aliphatic heterocycles. The zero-order valence-electron chi connectivity index (χ0n) is 11.3. The van der Waals surface area contributed by atoms with Crippen LogP contribution in [0.4, 0.5) is 0 Å². The van der Waals surface area contributed by atoms with Crippen LogP contribution in [0.3, 0.4) is 0 Å². The van der Waals surface area contributed by atoms with E-state index < -0.39 is 0 Å². The molecule has 20 heavy (non-hydrogen) atoms. The van der Waals surface area contributed by atoms with Crippen LogP contribution in [0.15, 0.2) is 72.8 Å². The molecular formula is C19H15I. The predicted octanol–water partition coefficient (Wildman–Crippen LogP) is 5.93. The lowest BCUT2D eigenvalue weighted by Gasteiger charge is -2.08. The smallest absolute Gasteiger partial charge is 0.0208 e. The highest BCUT2D eigenvalue weighted by atomic mass is 127. The van der Waals surface area contributed by atoms with Gasteiger partial charge in [-0.05, 0) is 63.9 Å². The molecule has 0 unspecified atom stereocenters. The molecule has 0 nitrogen and oxygen atoms in total. The third-order valence-corrected chi connectivity index (χ3v) is 4.37. The Hall–Kier alpha value is -1.61. The Morgan fingerprint density at radius 3 is 2.10 bits per heavy atom. The third kappa shape index (κ3) is 2.78. The molecule has 0 atom stereocenters. The largest absolute Gasteiger partial charge is 0.0616 e. The molecule has 0 amide bonds. The number of benzene rings is 3. The molecule has 1 heteroatoms. The van der Waals surface area contributed by atoms with Gasteiger partial charge in [-0.1, -0.05) is 66.2 Å². The summed E-state index contributed by atoms with van der Waals surface area (Å²) in [5, 5.41) is 0. The molecule has 0 fully saturated rings. The maximum atomic E-state index is 2.39. The van der Waals surface area contributed by atoms with Crippen LogP contribution in [-0.4, -0.2) is 0 Å². The fourth-order valence-electron chi connectivity index (χ4n) is 2.31. The molecule has 3 aromatic carbocycles. The minimum atomic E-state index is 1.27. The highest BCUT2D eigenvalue weighted by molar-refractivity contribution is 14.1. The molecule has 0 spiro atoms. The monoisotopic (exact) mass is 370 g/mol. The summed E-state index contributed by atoms with van der Waals surface area (Å²) in [5.41, 5.74) is 6.39. The molecule has 0 saturated carbocycles. The Morgan fingerprint density at radius 2 is 1.35 bits per heavy atom. The van der Waals surface area contributed by atoms with Gasteiger partial charge in [-0.25, -0.2) is 0 Å². The predicted molar refractivity (Wildman–Crippen MR) is 94.8 cm³/mol. The molecule has 3 aromatic rings. The molecule has 0 N–H and O–H groups in total. The van der Waals surface area contributed by atoms with E-state index in [0.29, 0.717) is 0 Å². The Morgan fingerprint density at radius 1 is 0.650 bits per heavy atom. The van der Waals surface area contributed by atoms with Gasteiger partial charge in [-0.2, -0.15) is 0 Å². The van der Waals surface area contributed by atoms with Gasteiger partial charge in [0.25, 0.3) is 0 Å². The van der Waals surface area contributed by atoms with Gasteiger partial charge in [0, 0.05) is 3.57 Å². The summed E-state index contributed by atoms with van der Waals surface area (Å²) in [4.78, 5) is 0. The summed E-state index contributed by atoms with van der Waals surface area (Å²) in [5.74, 6) is 0. The van der Waals surface area contributed by atoms with Crippen LogP contribution in [0.1, 0.15) is 5.56 Å². The Bertz CT molecular complexity index is 727. The highest BCUT2D eigenvalue weighted by Gasteiger charge is 2.04. The molecule has 0 heterocycles. The van der Waals surface area contributed by atoms with E-state index in [0.717, 1.165) is 0 Å². The van der Waals surface area contributed by atoms with Gasteiger partial charge < -0.3 is 0 Å². The van der Waals surface area contributed by atoms with Gasteiger partial charge >= 0.3 is 0 Å². The van der Waals surface area contributed by atoms with Crippen LogP contribution in [0.2, 0.25) is 0 Å². The first kappa shape index (κ1) is 13.4. The van der Waals surface area contributed by atoms with Crippen molar-refractivity contribution in [2.45, 2.75) is 6.92 Å². The summed E-state index contributed by atoms with van der Waals surface area (Å²) >= 11 is 2.39. The minimum Gasteiger partial charge on any atom is -0.0616 e. The Kier molecular flexibility index (Phi) is 3.88. The number of halogens is 1. The van der Waals surface area contributed by atoms with E-state index in [9.17, 15) is 0 Å². The van der Waals surface area contributed by atoms with E-state index in [-0.39, 0.29) is 0 Å². The summed E-state index contributed by atoms with van der Waals surface area (Å²) in [6.07, 6.45) is 0. The van der Waals surface area contributed by atoms with Gasteiger partial charge in [0.2, 0.25) is 0 Å². The van der Waals surface area contributed by atoms with Crippen LogP contribution in [0.25, 0.3) is 22.3 Å². The standard InChI is InChI=1S/C19H15I/c1-14-9-11-15(12-10-14)16-5-4-6-17(13-16)18-7-2-3-8-19(18)20/h2-13H,1H3. The average Bonchev–Trinajstić information content (AvgIpc) is 2.49. The maximum absolute atomic E-state index is 2.39. The fraction of sp³-hybridized carbons (Fsp3) is 0.0526.